The number of rotatable bonds is 7. The van der Waals surface area contributed by atoms with E-state index in [1.54, 1.807) is 0 Å². The second-order valence-corrected chi connectivity index (χ2v) is 11.3. The number of piperidine rings is 1. The third-order valence-corrected chi connectivity index (χ3v) is 9.95. The van der Waals surface area contributed by atoms with E-state index in [9.17, 15) is 4.79 Å². The Labute approximate surface area is 147 Å². The van der Waals surface area contributed by atoms with Gasteiger partial charge in [0.25, 0.3) is 0 Å². The molecule has 1 heterocycles. The summed E-state index contributed by atoms with van der Waals surface area (Å²) in [7, 11) is -1.55. The van der Waals surface area contributed by atoms with E-state index in [4.69, 9.17) is 9.16 Å². The zero-order valence-electron chi connectivity index (χ0n) is 15.3. The van der Waals surface area contributed by atoms with Crippen LogP contribution < -0.4 is 0 Å². The van der Waals surface area contributed by atoms with Crippen molar-refractivity contribution in [3.8, 4) is 0 Å². The van der Waals surface area contributed by atoms with Crippen LogP contribution in [0.4, 0.5) is 4.79 Å². The van der Waals surface area contributed by atoms with Crippen LogP contribution >= 0.6 is 0 Å². The van der Waals surface area contributed by atoms with Gasteiger partial charge in [0.2, 0.25) is 0 Å². The molecule has 0 spiro atoms. The van der Waals surface area contributed by atoms with Crippen molar-refractivity contribution in [2.75, 3.05) is 13.1 Å². The van der Waals surface area contributed by atoms with Gasteiger partial charge in [-0.25, -0.2) is 4.79 Å². The first kappa shape index (κ1) is 19.0. The molecule has 1 aliphatic rings. The molecule has 0 saturated carbocycles. The molecule has 0 N–H and O–H groups in total. The minimum atomic E-state index is -1.55. The maximum atomic E-state index is 12.2. The number of carbonyl (C=O) groups excluding carboxylic acids is 1. The standard InChI is InChI=1S/C19H31NO3Si/c1-4-24(5-2,6-3)23-18-12-14-20(15-13-18)19(21)22-16-17-10-8-7-9-11-17/h7-11,18H,4-6,12-16H2,1-3H3. The Morgan fingerprint density at radius 2 is 1.67 bits per heavy atom. The Morgan fingerprint density at radius 3 is 2.21 bits per heavy atom. The Bertz CT molecular complexity index is 488. The Kier molecular flexibility index (Phi) is 7.31. The molecule has 1 aromatic rings. The third-order valence-electron chi connectivity index (χ3n) is 5.25. The van der Waals surface area contributed by atoms with Crippen LogP contribution in [0.25, 0.3) is 0 Å². The van der Waals surface area contributed by atoms with Gasteiger partial charge >= 0.3 is 6.09 Å². The van der Waals surface area contributed by atoms with Crippen LogP contribution in [0.3, 0.4) is 0 Å². The second kappa shape index (κ2) is 9.23. The molecule has 0 aromatic heterocycles. The van der Waals surface area contributed by atoms with E-state index < -0.39 is 8.32 Å². The summed E-state index contributed by atoms with van der Waals surface area (Å²) < 4.78 is 12.0. The maximum absolute atomic E-state index is 12.2. The van der Waals surface area contributed by atoms with Crippen molar-refractivity contribution in [3.63, 3.8) is 0 Å². The lowest BCUT2D eigenvalue weighted by atomic mass is 10.1. The second-order valence-electron chi connectivity index (χ2n) is 6.59. The van der Waals surface area contributed by atoms with Crippen LogP contribution in [-0.2, 0) is 15.8 Å². The number of amides is 1. The molecule has 1 aliphatic heterocycles. The van der Waals surface area contributed by atoms with Gasteiger partial charge in [-0.15, -0.1) is 0 Å². The SMILES string of the molecule is CC[Si](CC)(CC)OC1CCN(C(=O)OCc2ccccc2)CC1. The summed E-state index contributed by atoms with van der Waals surface area (Å²) in [5.74, 6) is 0. The highest BCUT2D eigenvalue weighted by molar-refractivity contribution is 6.73. The molecule has 134 valence electrons. The first-order chi connectivity index (χ1) is 11.6. The van der Waals surface area contributed by atoms with Gasteiger partial charge in [0, 0.05) is 19.2 Å². The number of benzene rings is 1. The van der Waals surface area contributed by atoms with Crippen molar-refractivity contribution in [1.82, 2.24) is 4.90 Å². The Morgan fingerprint density at radius 1 is 1.08 bits per heavy atom. The average molecular weight is 350 g/mol. The highest BCUT2D eigenvalue weighted by Crippen LogP contribution is 2.27. The van der Waals surface area contributed by atoms with E-state index in [1.807, 2.05) is 35.2 Å². The van der Waals surface area contributed by atoms with Gasteiger partial charge in [0.1, 0.15) is 6.61 Å². The van der Waals surface area contributed by atoms with Gasteiger partial charge in [-0.1, -0.05) is 51.1 Å². The molecule has 1 amide bonds. The predicted octanol–water partition coefficient (Wildman–Crippen LogP) is 4.81. The molecule has 2 rings (SSSR count). The minimum Gasteiger partial charge on any atom is -0.445 e. The summed E-state index contributed by atoms with van der Waals surface area (Å²) in [5, 5.41) is 0. The lowest BCUT2D eigenvalue weighted by Crippen LogP contribution is -2.46. The van der Waals surface area contributed by atoms with Crippen LogP contribution in [-0.4, -0.2) is 38.5 Å². The van der Waals surface area contributed by atoms with Gasteiger partial charge in [0.05, 0.1) is 0 Å². The summed E-state index contributed by atoms with van der Waals surface area (Å²) in [4.78, 5) is 14.0. The van der Waals surface area contributed by atoms with E-state index in [0.29, 0.717) is 12.7 Å². The minimum absolute atomic E-state index is 0.206. The highest BCUT2D eigenvalue weighted by atomic mass is 28.4. The van der Waals surface area contributed by atoms with Crippen molar-refractivity contribution in [2.24, 2.45) is 0 Å². The van der Waals surface area contributed by atoms with Crippen molar-refractivity contribution in [3.05, 3.63) is 35.9 Å². The Hall–Kier alpha value is -1.33. The van der Waals surface area contributed by atoms with Crippen molar-refractivity contribution >= 4 is 14.4 Å². The molecule has 0 atom stereocenters. The third kappa shape index (κ3) is 5.08. The first-order valence-corrected chi connectivity index (χ1v) is 11.8. The summed E-state index contributed by atoms with van der Waals surface area (Å²) in [6.45, 7) is 8.59. The number of hydrogen-bond donors (Lipinski definition) is 0. The maximum Gasteiger partial charge on any atom is 0.410 e. The van der Waals surface area contributed by atoms with E-state index >= 15 is 0 Å². The number of hydrogen-bond acceptors (Lipinski definition) is 3. The molecule has 0 unspecified atom stereocenters. The summed E-state index contributed by atoms with van der Waals surface area (Å²) in [6.07, 6.45) is 1.96. The van der Waals surface area contributed by atoms with Crippen molar-refractivity contribution < 1.29 is 14.0 Å². The molecule has 0 radical (unpaired) electrons. The number of likely N-dealkylation sites (tertiary alicyclic amines) is 1. The molecule has 0 bridgehead atoms. The normalized spacial score (nSPS) is 16.2. The van der Waals surface area contributed by atoms with Crippen LogP contribution in [0.1, 0.15) is 39.2 Å². The molecule has 5 heteroatoms. The Balaban J connectivity index is 1.76. The topological polar surface area (TPSA) is 38.8 Å². The zero-order chi connectivity index (χ0) is 17.4. The first-order valence-electron chi connectivity index (χ1n) is 9.26. The van der Waals surface area contributed by atoms with E-state index in [2.05, 4.69) is 20.8 Å². The van der Waals surface area contributed by atoms with E-state index in [-0.39, 0.29) is 6.09 Å². The summed E-state index contributed by atoms with van der Waals surface area (Å²) in [5.41, 5.74) is 1.02. The molecule has 0 aliphatic carbocycles. The molecule has 1 saturated heterocycles. The highest BCUT2D eigenvalue weighted by Gasteiger charge is 2.34. The molecular weight excluding hydrogens is 318 g/mol. The van der Waals surface area contributed by atoms with Crippen LogP contribution in [0, 0.1) is 0 Å². The zero-order valence-corrected chi connectivity index (χ0v) is 16.3. The van der Waals surface area contributed by atoms with Crippen LogP contribution in [0.15, 0.2) is 30.3 Å². The number of carbonyl (C=O) groups is 1. The summed E-state index contributed by atoms with van der Waals surface area (Å²) >= 11 is 0. The lowest BCUT2D eigenvalue weighted by Gasteiger charge is -2.37. The average Bonchev–Trinajstić information content (AvgIpc) is 2.65. The fourth-order valence-corrected chi connectivity index (χ4v) is 6.26. The molecule has 24 heavy (non-hydrogen) atoms. The fourth-order valence-electron chi connectivity index (χ4n) is 3.32. The quantitative estimate of drug-likeness (QED) is 0.663. The van der Waals surface area contributed by atoms with Crippen LogP contribution in [0.2, 0.25) is 18.1 Å². The van der Waals surface area contributed by atoms with Crippen molar-refractivity contribution in [2.45, 2.75) is 64.5 Å². The number of nitrogens with zero attached hydrogens (tertiary/aromatic N) is 1. The van der Waals surface area contributed by atoms with Gasteiger partial charge in [-0.05, 0) is 36.5 Å². The van der Waals surface area contributed by atoms with Crippen molar-refractivity contribution in [1.29, 1.82) is 0 Å². The molecule has 1 aromatic carbocycles. The van der Waals surface area contributed by atoms with Gasteiger partial charge in [-0.3, -0.25) is 0 Å². The lowest BCUT2D eigenvalue weighted by molar-refractivity contribution is 0.0605. The van der Waals surface area contributed by atoms with Gasteiger partial charge in [0.15, 0.2) is 8.32 Å². The van der Waals surface area contributed by atoms with E-state index in [0.717, 1.165) is 31.5 Å². The molecule has 4 nitrogen and oxygen atoms in total. The van der Waals surface area contributed by atoms with E-state index in [1.165, 1.54) is 18.1 Å². The molecule has 1 fully saturated rings. The fraction of sp³-hybridized carbons (Fsp3) is 0.632. The van der Waals surface area contributed by atoms with Gasteiger partial charge in [-0.2, -0.15) is 0 Å². The molecular formula is C19H31NO3Si. The smallest absolute Gasteiger partial charge is 0.410 e. The predicted molar refractivity (Wildman–Crippen MR) is 99.5 cm³/mol. The van der Waals surface area contributed by atoms with Crippen LogP contribution in [0.5, 0.6) is 0 Å². The number of ether oxygens (including phenoxy) is 1. The summed E-state index contributed by atoms with van der Waals surface area (Å²) in [6, 6.07) is 13.4. The van der Waals surface area contributed by atoms with Gasteiger partial charge < -0.3 is 14.1 Å². The monoisotopic (exact) mass is 349 g/mol. The largest absolute Gasteiger partial charge is 0.445 e.